The minimum absolute atomic E-state index is 0.113. The van der Waals surface area contributed by atoms with E-state index >= 15 is 0 Å². The number of nitrogens with one attached hydrogen (secondary N) is 1. The van der Waals surface area contributed by atoms with E-state index in [1.54, 1.807) is 12.4 Å². The fourth-order valence-electron chi connectivity index (χ4n) is 2.43. The second-order valence-electron chi connectivity index (χ2n) is 5.69. The minimum Gasteiger partial charge on any atom is -0.469 e. The van der Waals surface area contributed by atoms with E-state index in [0.29, 0.717) is 6.42 Å². The Morgan fingerprint density at radius 1 is 1.04 bits per heavy atom. The molecular weight excluding hydrogens is 302 g/mol. The first kappa shape index (κ1) is 18.1. The van der Waals surface area contributed by atoms with Gasteiger partial charge in [0.2, 0.25) is 0 Å². The molecule has 0 fully saturated rings. The molecule has 0 aliphatic rings. The Bertz CT molecular complexity index is 600. The zero-order valence-electron chi connectivity index (χ0n) is 14.2. The molecule has 0 amide bonds. The second kappa shape index (κ2) is 10.5. The van der Waals surface area contributed by atoms with Gasteiger partial charge in [-0.1, -0.05) is 37.1 Å². The SMILES string of the molecule is COC(=O)CCCCCCNCc1ccc(-c2ncccn2)cc1. The Labute approximate surface area is 143 Å². The number of nitrogens with zero attached hydrogens (tertiary/aromatic N) is 2. The molecule has 0 unspecified atom stereocenters. The largest absolute Gasteiger partial charge is 0.469 e. The first-order valence-corrected chi connectivity index (χ1v) is 8.43. The maximum Gasteiger partial charge on any atom is 0.305 e. The van der Waals surface area contributed by atoms with Crippen molar-refractivity contribution in [1.29, 1.82) is 0 Å². The molecule has 0 radical (unpaired) electrons. The van der Waals surface area contributed by atoms with Crippen molar-refractivity contribution in [3.8, 4) is 11.4 Å². The molecule has 1 aromatic carbocycles. The lowest BCUT2D eigenvalue weighted by atomic mass is 10.1. The van der Waals surface area contributed by atoms with Crippen LogP contribution in [0, 0.1) is 0 Å². The van der Waals surface area contributed by atoms with E-state index in [9.17, 15) is 4.79 Å². The van der Waals surface area contributed by atoms with Crippen LogP contribution in [0.4, 0.5) is 0 Å². The van der Waals surface area contributed by atoms with Gasteiger partial charge in [-0.25, -0.2) is 9.97 Å². The van der Waals surface area contributed by atoms with Crippen molar-refractivity contribution in [2.24, 2.45) is 0 Å². The summed E-state index contributed by atoms with van der Waals surface area (Å²) in [4.78, 5) is 19.5. The van der Waals surface area contributed by atoms with Crippen molar-refractivity contribution in [2.45, 2.75) is 38.6 Å². The van der Waals surface area contributed by atoms with E-state index in [1.165, 1.54) is 12.7 Å². The molecule has 1 N–H and O–H groups in total. The number of esters is 1. The van der Waals surface area contributed by atoms with Gasteiger partial charge in [-0.2, -0.15) is 0 Å². The quantitative estimate of drug-likeness (QED) is 0.535. The molecule has 0 spiro atoms. The van der Waals surface area contributed by atoms with Gasteiger partial charge in [-0.05, 0) is 31.0 Å². The van der Waals surface area contributed by atoms with E-state index in [4.69, 9.17) is 0 Å². The molecule has 1 heterocycles. The van der Waals surface area contributed by atoms with E-state index in [-0.39, 0.29) is 5.97 Å². The number of rotatable bonds is 10. The highest BCUT2D eigenvalue weighted by molar-refractivity contribution is 5.68. The average molecular weight is 327 g/mol. The number of ether oxygens (including phenoxy) is 1. The average Bonchev–Trinajstić information content (AvgIpc) is 2.65. The minimum atomic E-state index is -0.113. The van der Waals surface area contributed by atoms with Crippen LogP contribution < -0.4 is 5.32 Å². The molecule has 2 rings (SSSR count). The summed E-state index contributed by atoms with van der Waals surface area (Å²) in [6.45, 7) is 1.85. The number of hydrogen-bond donors (Lipinski definition) is 1. The highest BCUT2D eigenvalue weighted by Crippen LogP contribution is 2.14. The van der Waals surface area contributed by atoms with Gasteiger partial charge < -0.3 is 10.1 Å². The molecule has 5 heteroatoms. The Morgan fingerprint density at radius 3 is 2.46 bits per heavy atom. The van der Waals surface area contributed by atoms with Crippen LogP contribution in [0.25, 0.3) is 11.4 Å². The molecule has 2 aromatic rings. The van der Waals surface area contributed by atoms with Crippen LogP contribution in [-0.4, -0.2) is 29.6 Å². The highest BCUT2D eigenvalue weighted by Gasteiger charge is 2.01. The van der Waals surface area contributed by atoms with Crippen molar-refractivity contribution in [3.05, 3.63) is 48.3 Å². The van der Waals surface area contributed by atoms with Gasteiger partial charge in [0, 0.05) is 30.9 Å². The van der Waals surface area contributed by atoms with Crippen molar-refractivity contribution >= 4 is 5.97 Å². The zero-order chi connectivity index (χ0) is 17.0. The molecule has 0 aliphatic carbocycles. The fraction of sp³-hybridized carbons (Fsp3) is 0.421. The van der Waals surface area contributed by atoms with Crippen molar-refractivity contribution in [1.82, 2.24) is 15.3 Å². The summed E-state index contributed by atoms with van der Waals surface area (Å²) in [5, 5.41) is 3.45. The van der Waals surface area contributed by atoms with Crippen LogP contribution in [0.3, 0.4) is 0 Å². The molecule has 0 saturated heterocycles. The van der Waals surface area contributed by atoms with Crippen molar-refractivity contribution in [2.75, 3.05) is 13.7 Å². The molecule has 5 nitrogen and oxygen atoms in total. The van der Waals surface area contributed by atoms with E-state index in [2.05, 4.69) is 44.3 Å². The van der Waals surface area contributed by atoms with Gasteiger partial charge in [0.25, 0.3) is 0 Å². The maximum absolute atomic E-state index is 11.0. The standard InChI is InChI=1S/C19H25N3O2/c1-24-18(23)7-4-2-3-5-12-20-15-16-8-10-17(11-9-16)19-21-13-6-14-22-19/h6,8-11,13-14,20H,2-5,7,12,15H2,1H3. The molecule has 0 atom stereocenters. The normalized spacial score (nSPS) is 10.5. The van der Waals surface area contributed by atoms with Crippen molar-refractivity contribution < 1.29 is 9.53 Å². The van der Waals surface area contributed by atoms with Gasteiger partial charge in [0.1, 0.15) is 0 Å². The molecule has 128 valence electrons. The monoisotopic (exact) mass is 327 g/mol. The number of benzene rings is 1. The Hall–Kier alpha value is -2.27. The molecule has 0 saturated carbocycles. The van der Waals surface area contributed by atoms with Gasteiger partial charge >= 0.3 is 5.97 Å². The Morgan fingerprint density at radius 2 is 1.75 bits per heavy atom. The van der Waals surface area contributed by atoms with Crippen molar-refractivity contribution in [3.63, 3.8) is 0 Å². The summed E-state index contributed by atoms with van der Waals surface area (Å²) in [5.41, 5.74) is 2.28. The summed E-state index contributed by atoms with van der Waals surface area (Å²) in [6, 6.07) is 10.1. The van der Waals surface area contributed by atoms with Gasteiger partial charge in [-0.15, -0.1) is 0 Å². The number of methoxy groups -OCH3 is 1. The smallest absolute Gasteiger partial charge is 0.305 e. The lowest BCUT2D eigenvalue weighted by Crippen LogP contribution is -2.14. The number of hydrogen-bond acceptors (Lipinski definition) is 5. The lowest BCUT2D eigenvalue weighted by molar-refractivity contribution is -0.140. The summed E-state index contributed by atoms with van der Waals surface area (Å²) in [5.74, 6) is 0.640. The van der Waals surface area contributed by atoms with Crippen LogP contribution in [-0.2, 0) is 16.1 Å². The van der Waals surface area contributed by atoms with E-state index in [0.717, 1.165) is 50.2 Å². The second-order valence-corrected chi connectivity index (χ2v) is 5.69. The number of aromatic nitrogens is 2. The third-order valence-electron chi connectivity index (χ3n) is 3.82. The molecule has 0 bridgehead atoms. The number of carbonyl (C=O) groups excluding carboxylic acids is 1. The van der Waals surface area contributed by atoms with E-state index < -0.39 is 0 Å². The fourth-order valence-corrected chi connectivity index (χ4v) is 2.43. The predicted molar refractivity (Wildman–Crippen MR) is 94.3 cm³/mol. The summed E-state index contributed by atoms with van der Waals surface area (Å²) in [6.07, 6.45) is 8.27. The predicted octanol–water partition coefficient (Wildman–Crippen LogP) is 3.36. The van der Waals surface area contributed by atoms with Crippen LogP contribution in [0.2, 0.25) is 0 Å². The Kier molecular flexibility index (Phi) is 7.90. The van der Waals surface area contributed by atoms with Crippen LogP contribution in [0.1, 0.15) is 37.7 Å². The van der Waals surface area contributed by atoms with Crippen LogP contribution >= 0.6 is 0 Å². The van der Waals surface area contributed by atoms with Gasteiger partial charge in [-0.3, -0.25) is 4.79 Å². The summed E-state index contributed by atoms with van der Waals surface area (Å²) < 4.78 is 4.62. The lowest BCUT2D eigenvalue weighted by Gasteiger charge is -2.06. The first-order chi connectivity index (χ1) is 11.8. The first-order valence-electron chi connectivity index (χ1n) is 8.43. The molecule has 0 aliphatic heterocycles. The van der Waals surface area contributed by atoms with E-state index in [1.807, 2.05) is 6.07 Å². The maximum atomic E-state index is 11.0. The van der Waals surface area contributed by atoms with Crippen LogP contribution in [0.5, 0.6) is 0 Å². The summed E-state index contributed by atoms with van der Waals surface area (Å²) >= 11 is 0. The molecule has 1 aromatic heterocycles. The number of carbonyl (C=O) groups is 1. The van der Waals surface area contributed by atoms with Gasteiger partial charge in [0.15, 0.2) is 5.82 Å². The third kappa shape index (κ3) is 6.46. The summed E-state index contributed by atoms with van der Waals surface area (Å²) in [7, 11) is 1.44. The highest BCUT2D eigenvalue weighted by atomic mass is 16.5. The topological polar surface area (TPSA) is 64.1 Å². The Balaban J connectivity index is 1.59. The van der Waals surface area contributed by atoms with Gasteiger partial charge in [0.05, 0.1) is 7.11 Å². The zero-order valence-corrected chi connectivity index (χ0v) is 14.2. The van der Waals surface area contributed by atoms with Crippen LogP contribution in [0.15, 0.2) is 42.7 Å². The third-order valence-corrected chi connectivity index (χ3v) is 3.82. The molecular formula is C19H25N3O2. The number of unbranched alkanes of at least 4 members (excludes halogenated alkanes) is 3. The molecule has 24 heavy (non-hydrogen) atoms.